The average molecular weight is 290 g/mol. The first-order valence-electron chi connectivity index (χ1n) is 6.86. The lowest BCUT2D eigenvalue weighted by molar-refractivity contribution is 0.304. The summed E-state index contributed by atoms with van der Waals surface area (Å²) >= 11 is 5.93. The van der Waals surface area contributed by atoms with Crippen molar-refractivity contribution in [2.24, 2.45) is 0 Å². The maximum Gasteiger partial charge on any atom is 0.122 e. The number of halogens is 1. The molecule has 106 valence electrons. The molecular weight excluding hydrogens is 270 g/mol. The molecule has 0 spiro atoms. The van der Waals surface area contributed by atoms with E-state index < -0.39 is 0 Å². The Morgan fingerprint density at radius 2 is 1.75 bits per heavy atom. The standard InChI is InChI=1S/C17H20ClNO/c1-3-19-11-14-4-6-15(7-5-14)12-20-17-9-8-16(18)10-13(17)2/h4-10,19H,3,11-12H2,1-2H3. The molecule has 2 rings (SSSR count). The molecule has 2 aromatic carbocycles. The van der Waals surface area contributed by atoms with Crippen LogP contribution >= 0.6 is 11.6 Å². The normalized spacial score (nSPS) is 10.6. The van der Waals surface area contributed by atoms with E-state index in [-0.39, 0.29) is 0 Å². The van der Waals surface area contributed by atoms with Crippen LogP contribution in [0.15, 0.2) is 42.5 Å². The second-order valence-corrected chi connectivity index (χ2v) is 5.23. The van der Waals surface area contributed by atoms with Gasteiger partial charge >= 0.3 is 0 Å². The van der Waals surface area contributed by atoms with Gasteiger partial charge in [-0.05, 0) is 48.4 Å². The van der Waals surface area contributed by atoms with E-state index in [1.165, 1.54) is 11.1 Å². The monoisotopic (exact) mass is 289 g/mol. The summed E-state index contributed by atoms with van der Waals surface area (Å²) < 4.78 is 5.82. The molecule has 0 unspecified atom stereocenters. The lowest BCUT2D eigenvalue weighted by Crippen LogP contribution is -2.11. The third-order valence-electron chi connectivity index (χ3n) is 3.13. The van der Waals surface area contributed by atoms with E-state index >= 15 is 0 Å². The molecule has 0 aliphatic heterocycles. The van der Waals surface area contributed by atoms with Gasteiger partial charge in [-0.2, -0.15) is 0 Å². The van der Waals surface area contributed by atoms with Gasteiger partial charge in [0.05, 0.1) is 0 Å². The van der Waals surface area contributed by atoms with Gasteiger partial charge in [-0.3, -0.25) is 0 Å². The number of hydrogen-bond donors (Lipinski definition) is 1. The van der Waals surface area contributed by atoms with Gasteiger partial charge in [-0.25, -0.2) is 0 Å². The summed E-state index contributed by atoms with van der Waals surface area (Å²) in [6.07, 6.45) is 0. The van der Waals surface area contributed by atoms with Crippen LogP contribution in [-0.4, -0.2) is 6.54 Å². The molecular formula is C17H20ClNO. The number of aryl methyl sites for hydroxylation is 1. The summed E-state index contributed by atoms with van der Waals surface area (Å²) in [5.41, 5.74) is 3.51. The van der Waals surface area contributed by atoms with Crippen LogP contribution in [0.3, 0.4) is 0 Å². The van der Waals surface area contributed by atoms with Crippen LogP contribution in [0.5, 0.6) is 5.75 Å². The Bertz CT molecular complexity index is 551. The Kier molecular flexibility index (Phi) is 5.45. The molecule has 2 nitrogen and oxygen atoms in total. The summed E-state index contributed by atoms with van der Waals surface area (Å²) in [6, 6.07) is 14.2. The van der Waals surface area contributed by atoms with Gasteiger partial charge in [0.25, 0.3) is 0 Å². The highest BCUT2D eigenvalue weighted by atomic mass is 35.5. The van der Waals surface area contributed by atoms with E-state index in [1.807, 2.05) is 25.1 Å². The van der Waals surface area contributed by atoms with Crippen molar-refractivity contribution in [3.63, 3.8) is 0 Å². The zero-order valence-electron chi connectivity index (χ0n) is 11.9. The second kappa shape index (κ2) is 7.32. The summed E-state index contributed by atoms with van der Waals surface area (Å²) in [4.78, 5) is 0. The molecule has 3 heteroatoms. The first-order chi connectivity index (χ1) is 9.69. The Hall–Kier alpha value is -1.51. The highest BCUT2D eigenvalue weighted by molar-refractivity contribution is 6.30. The lowest BCUT2D eigenvalue weighted by Gasteiger charge is -2.10. The van der Waals surface area contributed by atoms with Gasteiger partial charge in [-0.15, -0.1) is 0 Å². The molecule has 20 heavy (non-hydrogen) atoms. The van der Waals surface area contributed by atoms with E-state index in [4.69, 9.17) is 16.3 Å². The van der Waals surface area contributed by atoms with Crippen LogP contribution in [0.2, 0.25) is 5.02 Å². The number of hydrogen-bond acceptors (Lipinski definition) is 2. The Balaban J connectivity index is 1.93. The SMILES string of the molecule is CCNCc1ccc(COc2ccc(Cl)cc2C)cc1. The highest BCUT2D eigenvalue weighted by Gasteiger charge is 2.01. The number of ether oxygens (including phenoxy) is 1. The topological polar surface area (TPSA) is 21.3 Å². The predicted octanol–water partition coefficient (Wildman–Crippen LogP) is 4.34. The summed E-state index contributed by atoms with van der Waals surface area (Å²) in [5, 5.41) is 4.05. The molecule has 0 radical (unpaired) electrons. The van der Waals surface area contributed by atoms with Crippen LogP contribution < -0.4 is 10.1 Å². The van der Waals surface area contributed by atoms with Crippen molar-refractivity contribution in [3.05, 3.63) is 64.2 Å². The Labute approximate surface area is 125 Å². The van der Waals surface area contributed by atoms with Gasteiger partial charge in [0.2, 0.25) is 0 Å². The van der Waals surface area contributed by atoms with E-state index in [0.717, 1.165) is 29.4 Å². The smallest absolute Gasteiger partial charge is 0.122 e. The summed E-state index contributed by atoms with van der Waals surface area (Å²) in [7, 11) is 0. The van der Waals surface area contributed by atoms with Crippen LogP contribution in [0.1, 0.15) is 23.6 Å². The zero-order chi connectivity index (χ0) is 14.4. The van der Waals surface area contributed by atoms with Crippen molar-refractivity contribution in [2.45, 2.75) is 27.0 Å². The molecule has 0 amide bonds. The van der Waals surface area contributed by atoms with Gasteiger partial charge in [0.1, 0.15) is 12.4 Å². The molecule has 1 N–H and O–H groups in total. The molecule has 0 aromatic heterocycles. The minimum atomic E-state index is 0.573. The molecule has 0 saturated carbocycles. The molecule has 0 saturated heterocycles. The van der Waals surface area contributed by atoms with Crippen molar-refractivity contribution < 1.29 is 4.74 Å². The third-order valence-corrected chi connectivity index (χ3v) is 3.37. The fraction of sp³-hybridized carbons (Fsp3) is 0.294. The predicted molar refractivity (Wildman–Crippen MR) is 84.3 cm³/mol. The average Bonchev–Trinajstić information content (AvgIpc) is 2.45. The van der Waals surface area contributed by atoms with Gasteiger partial charge < -0.3 is 10.1 Å². The molecule has 2 aromatic rings. The largest absolute Gasteiger partial charge is 0.489 e. The first kappa shape index (κ1) is 14.9. The number of rotatable bonds is 6. The Morgan fingerprint density at radius 3 is 2.40 bits per heavy atom. The molecule has 0 heterocycles. The van der Waals surface area contributed by atoms with Crippen LogP contribution in [-0.2, 0) is 13.2 Å². The molecule has 0 aliphatic carbocycles. The maximum atomic E-state index is 5.93. The van der Waals surface area contributed by atoms with E-state index in [2.05, 4.69) is 36.5 Å². The lowest BCUT2D eigenvalue weighted by atomic mass is 10.1. The zero-order valence-corrected chi connectivity index (χ0v) is 12.7. The summed E-state index contributed by atoms with van der Waals surface area (Å²) in [5.74, 6) is 0.881. The van der Waals surface area contributed by atoms with E-state index in [9.17, 15) is 0 Å². The van der Waals surface area contributed by atoms with Gasteiger partial charge in [-0.1, -0.05) is 42.8 Å². The minimum Gasteiger partial charge on any atom is -0.489 e. The van der Waals surface area contributed by atoms with Crippen molar-refractivity contribution in [2.75, 3.05) is 6.54 Å². The molecule has 0 bridgehead atoms. The highest BCUT2D eigenvalue weighted by Crippen LogP contribution is 2.22. The number of nitrogens with one attached hydrogen (secondary N) is 1. The van der Waals surface area contributed by atoms with Crippen molar-refractivity contribution >= 4 is 11.6 Å². The van der Waals surface area contributed by atoms with E-state index in [1.54, 1.807) is 0 Å². The fourth-order valence-corrected chi connectivity index (χ4v) is 2.19. The second-order valence-electron chi connectivity index (χ2n) is 4.80. The quantitative estimate of drug-likeness (QED) is 0.854. The number of benzene rings is 2. The van der Waals surface area contributed by atoms with E-state index in [0.29, 0.717) is 6.61 Å². The first-order valence-corrected chi connectivity index (χ1v) is 7.24. The Morgan fingerprint density at radius 1 is 1.05 bits per heavy atom. The molecule has 0 fully saturated rings. The fourth-order valence-electron chi connectivity index (χ4n) is 1.96. The minimum absolute atomic E-state index is 0.573. The van der Waals surface area contributed by atoms with Gasteiger partial charge in [0, 0.05) is 11.6 Å². The van der Waals surface area contributed by atoms with Crippen molar-refractivity contribution in [1.82, 2.24) is 5.32 Å². The third kappa shape index (κ3) is 4.26. The summed E-state index contributed by atoms with van der Waals surface area (Å²) in [6.45, 7) is 6.58. The molecule has 0 aliphatic rings. The van der Waals surface area contributed by atoms with Crippen molar-refractivity contribution in [3.8, 4) is 5.75 Å². The van der Waals surface area contributed by atoms with Crippen LogP contribution in [0.25, 0.3) is 0 Å². The maximum absolute atomic E-state index is 5.93. The molecule has 0 atom stereocenters. The van der Waals surface area contributed by atoms with Crippen LogP contribution in [0, 0.1) is 6.92 Å². The van der Waals surface area contributed by atoms with Crippen molar-refractivity contribution in [1.29, 1.82) is 0 Å². The van der Waals surface area contributed by atoms with Gasteiger partial charge in [0.15, 0.2) is 0 Å². The van der Waals surface area contributed by atoms with Crippen LogP contribution in [0.4, 0.5) is 0 Å².